The van der Waals surface area contributed by atoms with E-state index < -0.39 is 0 Å². The minimum Gasteiger partial charge on any atom is -0.310 e. The van der Waals surface area contributed by atoms with Crippen molar-refractivity contribution in [3.05, 3.63) is 235 Å². The third-order valence-corrected chi connectivity index (χ3v) is 13.5. The summed E-state index contributed by atoms with van der Waals surface area (Å²) in [5.74, 6) is 0. The predicted molar refractivity (Wildman–Crippen MR) is 258 cm³/mol. The lowest BCUT2D eigenvalue weighted by atomic mass is 9.79. The van der Waals surface area contributed by atoms with Crippen molar-refractivity contribution in [1.82, 2.24) is 0 Å². The normalized spacial score (nSPS) is 13.8. The zero-order valence-electron chi connectivity index (χ0n) is 35.2. The molecule has 0 unspecified atom stereocenters. The van der Waals surface area contributed by atoms with Crippen molar-refractivity contribution >= 4 is 17.1 Å². The number of fused-ring (bicyclic) bond motifs is 6. The second kappa shape index (κ2) is 14.2. The van der Waals surface area contributed by atoms with E-state index in [1.807, 2.05) is 0 Å². The van der Waals surface area contributed by atoms with E-state index >= 15 is 0 Å². The number of nitrogens with zero attached hydrogens (tertiary/aromatic N) is 1. The summed E-state index contributed by atoms with van der Waals surface area (Å²) >= 11 is 0. The Kier molecular flexibility index (Phi) is 8.58. The van der Waals surface area contributed by atoms with Crippen molar-refractivity contribution < 1.29 is 0 Å². The molecule has 9 aromatic carbocycles. The largest absolute Gasteiger partial charge is 0.310 e. The second-order valence-electron chi connectivity index (χ2n) is 17.7. The van der Waals surface area contributed by atoms with Gasteiger partial charge in [-0.3, -0.25) is 0 Å². The molecule has 0 N–H and O–H groups in total. The summed E-state index contributed by atoms with van der Waals surface area (Å²) in [5, 5.41) is 0. The van der Waals surface area contributed by atoms with Crippen LogP contribution >= 0.6 is 0 Å². The maximum atomic E-state index is 2.49. The maximum Gasteiger partial charge on any atom is 0.0540 e. The summed E-state index contributed by atoms with van der Waals surface area (Å²) in [7, 11) is 0. The van der Waals surface area contributed by atoms with Gasteiger partial charge in [-0.05, 0) is 114 Å². The van der Waals surface area contributed by atoms with Crippen LogP contribution in [0.15, 0.2) is 212 Å². The van der Waals surface area contributed by atoms with Gasteiger partial charge < -0.3 is 4.90 Å². The van der Waals surface area contributed by atoms with Crippen LogP contribution in [0.5, 0.6) is 0 Å². The number of hydrogen-bond donors (Lipinski definition) is 0. The fraction of sp³-hybridized carbons (Fsp3) is 0.100. The highest BCUT2D eigenvalue weighted by Crippen LogP contribution is 2.55. The molecule has 9 aromatic rings. The Morgan fingerprint density at radius 3 is 1.56 bits per heavy atom. The lowest BCUT2D eigenvalue weighted by molar-refractivity contribution is 0.660. The molecule has 0 spiro atoms. The van der Waals surface area contributed by atoms with Crippen LogP contribution in [0.1, 0.15) is 49.9 Å². The van der Waals surface area contributed by atoms with Crippen LogP contribution < -0.4 is 4.90 Å². The van der Waals surface area contributed by atoms with Gasteiger partial charge in [0.05, 0.1) is 5.69 Å². The van der Waals surface area contributed by atoms with Crippen LogP contribution in [-0.4, -0.2) is 0 Å². The van der Waals surface area contributed by atoms with E-state index in [-0.39, 0.29) is 10.8 Å². The summed E-state index contributed by atoms with van der Waals surface area (Å²) in [6.45, 7) is 9.49. The molecule has 0 fully saturated rings. The van der Waals surface area contributed by atoms with Gasteiger partial charge in [0.1, 0.15) is 0 Å². The molecule has 1 nitrogen and oxygen atoms in total. The highest BCUT2D eigenvalue weighted by Gasteiger charge is 2.38. The molecule has 0 atom stereocenters. The number of benzene rings is 9. The average Bonchev–Trinajstić information content (AvgIpc) is 3.70. The van der Waals surface area contributed by atoms with Crippen LogP contribution in [-0.2, 0) is 10.8 Å². The Balaban J connectivity index is 1.16. The standard InChI is InChI=1S/C60H47N/c1-59(2)54-33-15-12-28-51(54)57-49(30-19-34-55(57)59)48-27-13-16-35-56(48)61(44-36-37-45(40-20-7-5-8-21-40)52(39-44)41-22-9-6-10-23-41)43-25-17-24-42(38-43)46-29-18-31-50-47-26-11-14-32-53(47)60(3,4)58(46)50/h5-39H,1-4H3. The first-order chi connectivity index (χ1) is 29.8. The van der Waals surface area contributed by atoms with Crippen molar-refractivity contribution in [3.8, 4) is 66.8 Å². The quantitative estimate of drug-likeness (QED) is 0.156. The molecule has 292 valence electrons. The van der Waals surface area contributed by atoms with E-state index in [0.29, 0.717) is 0 Å². The molecule has 2 aliphatic rings. The molecule has 0 saturated heterocycles. The third kappa shape index (κ3) is 5.83. The summed E-state index contributed by atoms with van der Waals surface area (Å²) in [4.78, 5) is 2.49. The van der Waals surface area contributed by atoms with Gasteiger partial charge in [0.25, 0.3) is 0 Å². The van der Waals surface area contributed by atoms with Crippen molar-refractivity contribution in [1.29, 1.82) is 0 Å². The first-order valence-corrected chi connectivity index (χ1v) is 21.5. The van der Waals surface area contributed by atoms with E-state index in [2.05, 4.69) is 245 Å². The maximum absolute atomic E-state index is 2.49. The molecule has 0 aromatic heterocycles. The summed E-state index contributed by atoms with van der Waals surface area (Å²) in [6, 6.07) is 78.5. The highest BCUT2D eigenvalue weighted by molar-refractivity contribution is 5.99. The highest BCUT2D eigenvalue weighted by atomic mass is 15.1. The zero-order chi connectivity index (χ0) is 41.3. The van der Waals surface area contributed by atoms with E-state index in [9.17, 15) is 0 Å². The smallest absolute Gasteiger partial charge is 0.0540 e. The summed E-state index contributed by atoms with van der Waals surface area (Å²) in [6.07, 6.45) is 0. The van der Waals surface area contributed by atoms with E-state index in [1.54, 1.807) is 0 Å². The lowest BCUT2D eigenvalue weighted by Gasteiger charge is -2.30. The molecule has 0 saturated carbocycles. The fourth-order valence-electron chi connectivity index (χ4n) is 10.6. The Bertz CT molecular complexity index is 3130. The number of anilines is 3. The van der Waals surface area contributed by atoms with Crippen molar-refractivity contribution in [3.63, 3.8) is 0 Å². The van der Waals surface area contributed by atoms with Crippen molar-refractivity contribution in [2.45, 2.75) is 38.5 Å². The Morgan fingerprint density at radius 1 is 0.295 bits per heavy atom. The molecule has 61 heavy (non-hydrogen) atoms. The van der Waals surface area contributed by atoms with Gasteiger partial charge in [0.2, 0.25) is 0 Å². The van der Waals surface area contributed by atoms with Crippen LogP contribution in [0.25, 0.3) is 66.8 Å². The van der Waals surface area contributed by atoms with E-state index in [4.69, 9.17) is 0 Å². The molecular formula is C60H47N. The molecule has 1 heteroatoms. The second-order valence-corrected chi connectivity index (χ2v) is 17.7. The van der Waals surface area contributed by atoms with Crippen molar-refractivity contribution in [2.75, 3.05) is 4.90 Å². The van der Waals surface area contributed by atoms with Gasteiger partial charge in [-0.1, -0.05) is 210 Å². The molecule has 0 radical (unpaired) electrons. The van der Waals surface area contributed by atoms with Gasteiger partial charge in [-0.25, -0.2) is 0 Å². The molecule has 0 bridgehead atoms. The number of hydrogen-bond acceptors (Lipinski definition) is 1. The van der Waals surface area contributed by atoms with Gasteiger partial charge in [-0.2, -0.15) is 0 Å². The monoisotopic (exact) mass is 781 g/mol. The Hall–Kier alpha value is -7.22. The fourth-order valence-corrected chi connectivity index (χ4v) is 10.6. The average molecular weight is 782 g/mol. The van der Waals surface area contributed by atoms with Crippen LogP contribution in [0.2, 0.25) is 0 Å². The van der Waals surface area contributed by atoms with Crippen molar-refractivity contribution in [2.24, 2.45) is 0 Å². The molecule has 2 aliphatic carbocycles. The van der Waals surface area contributed by atoms with Crippen LogP contribution in [0.4, 0.5) is 17.1 Å². The van der Waals surface area contributed by atoms with Crippen LogP contribution in [0.3, 0.4) is 0 Å². The Morgan fingerprint density at radius 2 is 0.803 bits per heavy atom. The van der Waals surface area contributed by atoms with Gasteiger partial charge >= 0.3 is 0 Å². The summed E-state index contributed by atoms with van der Waals surface area (Å²) < 4.78 is 0. The minimum atomic E-state index is -0.138. The number of rotatable bonds is 7. The lowest BCUT2D eigenvalue weighted by Crippen LogP contribution is -2.16. The number of para-hydroxylation sites is 1. The first kappa shape index (κ1) is 36.8. The zero-order valence-corrected chi connectivity index (χ0v) is 35.2. The molecule has 11 rings (SSSR count). The van der Waals surface area contributed by atoms with Gasteiger partial charge in [-0.15, -0.1) is 0 Å². The molecular weight excluding hydrogens is 735 g/mol. The molecule has 0 amide bonds. The summed E-state index contributed by atoms with van der Waals surface area (Å²) in [5.41, 5.74) is 23.6. The SMILES string of the molecule is CC1(C)c2ccccc2-c2c(-c3ccccc3N(c3cccc(-c4cccc5c4C(C)(C)c4ccccc4-5)c3)c3ccc(-c4ccccc4)c(-c4ccccc4)c3)cccc21. The van der Waals surface area contributed by atoms with Crippen LogP contribution in [0, 0.1) is 0 Å². The minimum absolute atomic E-state index is 0.105. The van der Waals surface area contributed by atoms with E-state index in [1.165, 1.54) is 89.0 Å². The molecule has 0 heterocycles. The topological polar surface area (TPSA) is 3.24 Å². The first-order valence-electron chi connectivity index (χ1n) is 21.5. The van der Waals surface area contributed by atoms with Gasteiger partial charge in [0.15, 0.2) is 0 Å². The third-order valence-electron chi connectivity index (χ3n) is 13.5. The Labute approximate surface area is 360 Å². The molecule has 0 aliphatic heterocycles. The van der Waals surface area contributed by atoms with E-state index in [0.717, 1.165) is 17.1 Å². The van der Waals surface area contributed by atoms with Gasteiger partial charge in [0, 0.05) is 27.8 Å². The predicted octanol–water partition coefficient (Wildman–Crippen LogP) is 16.4.